The van der Waals surface area contributed by atoms with Crippen molar-refractivity contribution in [3.8, 4) is 0 Å². The molecule has 6 heteroatoms. The van der Waals surface area contributed by atoms with E-state index in [4.69, 9.17) is 14.2 Å². The second kappa shape index (κ2) is 5.58. The topological polar surface area (TPSA) is 71.1 Å². The van der Waals surface area contributed by atoms with Gasteiger partial charge in [0, 0.05) is 0 Å². The molecule has 0 N–H and O–H groups in total. The highest BCUT2D eigenvalue weighted by atomic mass is 16.7. The standard InChI is InChI=1S/C10H16O6/c1-3-10(5-14-8(11)13-4-2)6-15-9(12)16-7-10/h3-7H2,1-2H3. The molecule has 0 aromatic heterocycles. The van der Waals surface area contributed by atoms with Crippen molar-refractivity contribution in [2.45, 2.75) is 20.3 Å². The average molecular weight is 232 g/mol. The molecule has 6 nitrogen and oxygen atoms in total. The Morgan fingerprint density at radius 2 is 1.94 bits per heavy atom. The molecule has 0 aromatic rings. The van der Waals surface area contributed by atoms with Gasteiger partial charge in [0.25, 0.3) is 0 Å². The summed E-state index contributed by atoms with van der Waals surface area (Å²) < 4.78 is 19.1. The van der Waals surface area contributed by atoms with Crippen LogP contribution in [-0.2, 0) is 18.9 Å². The van der Waals surface area contributed by atoms with E-state index in [1.54, 1.807) is 6.92 Å². The maximum atomic E-state index is 11.0. The molecule has 0 aromatic carbocycles. The van der Waals surface area contributed by atoms with Gasteiger partial charge < -0.3 is 18.9 Å². The van der Waals surface area contributed by atoms with Crippen molar-refractivity contribution in [1.82, 2.24) is 0 Å². The molecular formula is C10H16O6. The molecule has 1 saturated heterocycles. The molecule has 1 heterocycles. The number of carbonyl (C=O) groups excluding carboxylic acids is 2. The first kappa shape index (κ1) is 12.6. The van der Waals surface area contributed by atoms with Gasteiger partial charge in [-0.25, -0.2) is 9.59 Å². The Bertz CT molecular complexity index is 252. The van der Waals surface area contributed by atoms with E-state index in [0.717, 1.165) is 0 Å². The van der Waals surface area contributed by atoms with Gasteiger partial charge in [0.05, 0.1) is 12.0 Å². The minimum absolute atomic E-state index is 0.121. The molecular weight excluding hydrogens is 216 g/mol. The third-order valence-corrected chi connectivity index (χ3v) is 2.50. The minimum atomic E-state index is -0.716. The van der Waals surface area contributed by atoms with Crippen LogP contribution in [0, 0.1) is 5.41 Å². The van der Waals surface area contributed by atoms with Crippen LogP contribution in [0.4, 0.5) is 9.59 Å². The van der Waals surface area contributed by atoms with E-state index in [0.29, 0.717) is 6.42 Å². The molecule has 1 fully saturated rings. The summed E-state index contributed by atoms with van der Waals surface area (Å²) in [6.45, 7) is 4.39. The minimum Gasteiger partial charge on any atom is -0.435 e. The highest BCUT2D eigenvalue weighted by molar-refractivity contribution is 5.61. The molecule has 0 saturated carbocycles. The van der Waals surface area contributed by atoms with Crippen molar-refractivity contribution in [1.29, 1.82) is 0 Å². The van der Waals surface area contributed by atoms with Crippen LogP contribution in [-0.4, -0.2) is 38.7 Å². The fourth-order valence-electron chi connectivity index (χ4n) is 1.27. The van der Waals surface area contributed by atoms with Gasteiger partial charge in [-0.05, 0) is 13.3 Å². The van der Waals surface area contributed by atoms with Crippen LogP contribution in [0.3, 0.4) is 0 Å². The van der Waals surface area contributed by atoms with Gasteiger partial charge in [-0.3, -0.25) is 0 Å². The molecule has 1 rings (SSSR count). The highest BCUT2D eigenvalue weighted by Gasteiger charge is 2.37. The summed E-state index contributed by atoms with van der Waals surface area (Å²) in [5.41, 5.74) is -0.458. The fourth-order valence-corrected chi connectivity index (χ4v) is 1.27. The van der Waals surface area contributed by atoms with Crippen molar-refractivity contribution in [3.05, 3.63) is 0 Å². The van der Waals surface area contributed by atoms with E-state index in [1.165, 1.54) is 0 Å². The lowest BCUT2D eigenvalue weighted by Gasteiger charge is -2.33. The van der Waals surface area contributed by atoms with Gasteiger partial charge in [-0.1, -0.05) is 6.92 Å². The lowest BCUT2D eigenvalue weighted by Crippen LogP contribution is -2.43. The van der Waals surface area contributed by atoms with Gasteiger partial charge in [0.2, 0.25) is 0 Å². The molecule has 0 atom stereocenters. The molecule has 92 valence electrons. The van der Waals surface area contributed by atoms with Crippen LogP contribution >= 0.6 is 0 Å². The van der Waals surface area contributed by atoms with Gasteiger partial charge in [0.1, 0.15) is 19.8 Å². The number of carbonyl (C=O) groups is 2. The van der Waals surface area contributed by atoms with Gasteiger partial charge in [-0.2, -0.15) is 0 Å². The van der Waals surface area contributed by atoms with Crippen LogP contribution in [0.15, 0.2) is 0 Å². The number of rotatable bonds is 4. The van der Waals surface area contributed by atoms with E-state index in [9.17, 15) is 9.59 Å². The molecule has 16 heavy (non-hydrogen) atoms. The van der Waals surface area contributed by atoms with E-state index in [-0.39, 0.29) is 26.4 Å². The predicted molar refractivity (Wildman–Crippen MR) is 53.0 cm³/mol. The summed E-state index contributed by atoms with van der Waals surface area (Å²) >= 11 is 0. The summed E-state index contributed by atoms with van der Waals surface area (Å²) in [5.74, 6) is 0. The van der Waals surface area contributed by atoms with Crippen molar-refractivity contribution in [3.63, 3.8) is 0 Å². The van der Waals surface area contributed by atoms with Crippen LogP contribution in [0.1, 0.15) is 20.3 Å². The van der Waals surface area contributed by atoms with Crippen LogP contribution < -0.4 is 0 Å². The lowest BCUT2D eigenvalue weighted by atomic mass is 9.87. The Labute approximate surface area is 93.8 Å². The zero-order valence-corrected chi connectivity index (χ0v) is 9.49. The Hall–Kier alpha value is -1.46. The van der Waals surface area contributed by atoms with Gasteiger partial charge in [0.15, 0.2) is 0 Å². The third-order valence-electron chi connectivity index (χ3n) is 2.50. The highest BCUT2D eigenvalue weighted by Crippen LogP contribution is 2.27. The van der Waals surface area contributed by atoms with E-state index in [2.05, 4.69) is 4.74 Å². The van der Waals surface area contributed by atoms with Crippen molar-refractivity contribution in [2.75, 3.05) is 26.4 Å². The molecule has 0 unspecified atom stereocenters. The third kappa shape index (κ3) is 3.29. The summed E-state index contributed by atoms with van der Waals surface area (Å²) in [5, 5.41) is 0. The fraction of sp³-hybridized carbons (Fsp3) is 0.800. The first-order chi connectivity index (χ1) is 7.62. The molecule has 1 aliphatic heterocycles. The maximum absolute atomic E-state index is 11.0. The van der Waals surface area contributed by atoms with Crippen molar-refractivity contribution >= 4 is 12.3 Å². The quantitative estimate of drug-likeness (QED) is 0.687. The van der Waals surface area contributed by atoms with E-state index >= 15 is 0 Å². The summed E-state index contributed by atoms with van der Waals surface area (Å²) in [6.07, 6.45) is -0.716. The SMILES string of the molecule is CCOC(=O)OCC1(CC)COC(=O)OC1. The van der Waals surface area contributed by atoms with Crippen LogP contribution in [0.5, 0.6) is 0 Å². The normalized spacial score (nSPS) is 18.2. The Kier molecular flexibility index (Phi) is 4.39. The molecule has 0 radical (unpaired) electrons. The Balaban J connectivity index is 2.41. The first-order valence-corrected chi connectivity index (χ1v) is 5.21. The molecule has 0 bridgehead atoms. The number of hydrogen-bond acceptors (Lipinski definition) is 6. The number of ether oxygens (including phenoxy) is 4. The Morgan fingerprint density at radius 1 is 1.31 bits per heavy atom. The zero-order valence-electron chi connectivity index (χ0n) is 9.49. The van der Waals surface area contributed by atoms with E-state index in [1.807, 2.05) is 6.92 Å². The second-order valence-corrected chi connectivity index (χ2v) is 3.65. The second-order valence-electron chi connectivity index (χ2n) is 3.65. The lowest BCUT2D eigenvalue weighted by molar-refractivity contribution is -0.0890. The first-order valence-electron chi connectivity index (χ1n) is 5.21. The molecule has 0 spiro atoms. The predicted octanol–water partition coefficient (Wildman–Crippen LogP) is 1.72. The average Bonchev–Trinajstić information content (AvgIpc) is 2.30. The summed E-state index contributed by atoms with van der Waals surface area (Å²) in [6, 6.07) is 0. The summed E-state index contributed by atoms with van der Waals surface area (Å²) in [4.78, 5) is 21.7. The van der Waals surface area contributed by atoms with Crippen molar-refractivity contribution in [2.24, 2.45) is 5.41 Å². The number of cyclic esters (lactones) is 2. The zero-order chi connectivity index (χ0) is 12.0. The molecule has 1 aliphatic rings. The van der Waals surface area contributed by atoms with E-state index < -0.39 is 17.7 Å². The monoisotopic (exact) mass is 232 g/mol. The smallest absolute Gasteiger partial charge is 0.435 e. The van der Waals surface area contributed by atoms with Gasteiger partial charge >= 0.3 is 12.3 Å². The maximum Gasteiger partial charge on any atom is 0.508 e. The van der Waals surface area contributed by atoms with Crippen LogP contribution in [0.25, 0.3) is 0 Å². The summed E-state index contributed by atoms with van der Waals surface area (Å²) in [7, 11) is 0. The largest absolute Gasteiger partial charge is 0.508 e. The van der Waals surface area contributed by atoms with Crippen LogP contribution in [0.2, 0.25) is 0 Å². The number of hydrogen-bond donors (Lipinski definition) is 0. The van der Waals surface area contributed by atoms with Gasteiger partial charge in [-0.15, -0.1) is 0 Å². The molecule has 0 amide bonds. The van der Waals surface area contributed by atoms with Crippen molar-refractivity contribution < 1.29 is 28.5 Å². The Morgan fingerprint density at radius 3 is 2.44 bits per heavy atom. The molecule has 0 aliphatic carbocycles.